The molecule has 0 aromatic heterocycles. The van der Waals surface area contributed by atoms with Crippen molar-refractivity contribution in [2.75, 3.05) is 6.61 Å². The number of halogens is 1. The normalized spacial score (nSPS) is 11.5. The van der Waals surface area contributed by atoms with Crippen molar-refractivity contribution in [1.82, 2.24) is 0 Å². The molecule has 0 radical (unpaired) electrons. The molecule has 0 aliphatic rings. The lowest BCUT2D eigenvalue weighted by Gasteiger charge is -2.09. The summed E-state index contributed by atoms with van der Waals surface area (Å²) in [7, 11) is 0. The van der Waals surface area contributed by atoms with Crippen LogP contribution >= 0.6 is 0 Å². The van der Waals surface area contributed by atoms with E-state index in [-0.39, 0.29) is 24.1 Å². The Kier molecular flexibility index (Phi) is 6.49. The monoisotopic (exact) mass is 283 g/mol. The zero-order valence-electron chi connectivity index (χ0n) is 11.5. The van der Waals surface area contributed by atoms with E-state index in [2.05, 4.69) is 5.16 Å². The van der Waals surface area contributed by atoms with Gasteiger partial charge in [-0.2, -0.15) is 0 Å². The second-order valence-electron chi connectivity index (χ2n) is 4.41. The average molecular weight is 283 g/mol. The Labute approximate surface area is 117 Å². The molecule has 1 aromatic carbocycles. The van der Waals surface area contributed by atoms with Gasteiger partial charge in [-0.05, 0) is 44.5 Å². The van der Waals surface area contributed by atoms with Gasteiger partial charge in [-0.1, -0.05) is 5.16 Å². The van der Waals surface area contributed by atoms with Gasteiger partial charge >= 0.3 is 5.97 Å². The summed E-state index contributed by atoms with van der Waals surface area (Å²) in [5, 5.41) is 11.7. The van der Waals surface area contributed by atoms with Crippen LogP contribution in [0.25, 0.3) is 0 Å². The van der Waals surface area contributed by atoms with Gasteiger partial charge in [-0.15, -0.1) is 0 Å². The van der Waals surface area contributed by atoms with Gasteiger partial charge in [0, 0.05) is 6.42 Å². The maximum atomic E-state index is 12.7. The predicted octanol–water partition coefficient (Wildman–Crippen LogP) is 2.77. The van der Waals surface area contributed by atoms with E-state index in [1.807, 2.05) is 0 Å². The fourth-order valence-corrected chi connectivity index (χ4v) is 1.44. The van der Waals surface area contributed by atoms with Crippen LogP contribution in [0.3, 0.4) is 0 Å². The summed E-state index contributed by atoms with van der Waals surface area (Å²) in [6, 6.07) is 5.64. The first-order valence-electron chi connectivity index (χ1n) is 6.33. The summed E-state index contributed by atoms with van der Waals surface area (Å²) in [6.07, 6.45) is 0.447. The smallest absolute Gasteiger partial charge is 0.356 e. The molecule has 0 heterocycles. The summed E-state index contributed by atoms with van der Waals surface area (Å²) in [4.78, 5) is 11.5. The van der Waals surface area contributed by atoms with E-state index in [4.69, 9.17) is 14.7 Å². The summed E-state index contributed by atoms with van der Waals surface area (Å²) in [5.74, 6) is -0.425. The van der Waals surface area contributed by atoms with Crippen LogP contribution in [0, 0.1) is 5.82 Å². The molecule has 0 saturated heterocycles. The van der Waals surface area contributed by atoms with Crippen LogP contribution in [0.15, 0.2) is 29.4 Å². The quantitative estimate of drug-likeness (QED) is 0.275. The van der Waals surface area contributed by atoms with Gasteiger partial charge in [0.05, 0.1) is 12.7 Å². The average Bonchev–Trinajstić information content (AvgIpc) is 2.40. The van der Waals surface area contributed by atoms with Crippen molar-refractivity contribution in [3.05, 3.63) is 30.1 Å². The molecule has 5 nitrogen and oxygen atoms in total. The number of oxime groups is 1. The van der Waals surface area contributed by atoms with Crippen molar-refractivity contribution in [3.8, 4) is 5.75 Å². The Hall–Kier alpha value is -2.11. The Morgan fingerprint density at radius 1 is 1.35 bits per heavy atom. The molecular formula is C14H18FNO4. The van der Waals surface area contributed by atoms with E-state index in [1.54, 1.807) is 13.8 Å². The molecule has 0 amide bonds. The predicted molar refractivity (Wildman–Crippen MR) is 71.6 cm³/mol. The van der Waals surface area contributed by atoms with E-state index in [0.29, 0.717) is 18.8 Å². The summed E-state index contributed by atoms with van der Waals surface area (Å²) < 4.78 is 23.0. The molecule has 0 aliphatic heterocycles. The van der Waals surface area contributed by atoms with Crippen molar-refractivity contribution in [1.29, 1.82) is 0 Å². The minimum atomic E-state index is -0.635. The Morgan fingerprint density at radius 2 is 2.00 bits per heavy atom. The fourth-order valence-electron chi connectivity index (χ4n) is 1.44. The van der Waals surface area contributed by atoms with Gasteiger partial charge in [0.25, 0.3) is 0 Å². The highest BCUT2D eigenvalue weighted by molar-refractivity contribution is 6.36. The molecule has 0 aliphatic carbocycles. The second kappa shape index (κ2) is 8.14. The highest BCUT2D eigenvalue weighted by atomic mass is 19.1. The fraction of sp³-hybridized carbons (Fsp3) is 0.429. The van der Waals surface area contributed by atoms with E-state index in [0.717, 1.165) is 0 Å². The highest BCUT2D eigenvalue weighted by Gasteiger charge is 2.15. The number of benzene rings is 1. The number of ether oxygens (including phenoxy) is 2. The van der Waals surface area contributed by atoms with Gasteiger partial charge in [0.2, 0.25) is 0 Å². The third-order valence-electron chi connectivity index (χ3n) is 2.34. The maximum absolute atomic E-state index is 12.7. The zero-order chi connectivity index (χ0) is 15.0. The topological polar surface area (TPSA) is 68.1 Å². The minimum absolute atomic E-state index is 0.0404. The number of carbonyl (C=O) groups excluding carboxylic acids is 1. The standard InChI is InChI=1S/C14H18FNO4/c1-10(2)20-14(17)13(16-18)4-3-9-19-12-7-5-11(15)6-8-12/h5-8,10,18H,3-4,9H2,1-2H3/b16-13+. The lowest BCUT2D eigenvalue weighted by Crippen LogP contribution is -2.21. The zero-order valence-corrected chi connectivity index (χ0v) is 11.5. The SMILES string of the molecule is CC(C)OC(=O)/C(CCCOc1ccc(F)cc1)=N/O. The molecule has 0 bridgehead atoms. The third-order valence-corrected chi connectivity index (χ3v) is 2.34. The number of rotatable bonds is 7. The number of hydrogen-bond acceptors (Lipinski definition) is 5. The van der Waals surface area contributed by atoms with Crippen LogP contribution in [0.2, 0.25) is 0 Å². The maximum Gasteiger partial charge on any atom is 0.356 e. The summed E-state index contributed by atoms with van der Waals surface area (Å²) in [6.45, 7) is 3.74. The second-order valence-corrected chi connectivity index (χ2v) is 4.41. The Balaban J connectivity index is 2.32. The first-order valence-corrected chi connectivity index (χ1v) is 6.33. The molecule has 0 spiro atoms. The van der Waals surface area contributed by atoms with Gasteiger partial charge in [0.15, 0.2) is 5.71 Å². The minimum Gasteiger partial charge on any atom is -0.494 e. The van der Waals surface area contributed by atoms with Crippen molar-refractivity contribution < 1.29 is 23.9 Å². The molecule has 0 saturated carbocycles. The van der Waals surface area contributed by atoms with E-state index < -0.39 is 5.97 Å². The summed E-state index contributed by atoms with van der Waals surface area (Å²) in [5.41, 5.74) is -0.0404. The highest BCUT2D eigenvalue weighted by Crippen LogP contribution is 2.11. The number of nitrogens with zero attached hydrogens (tertiary/aromatic N) is 1. The molecule has 0 fully saturated rings. The van der Waals surface area contributed by atoms with E-state index in [1.165, 1.54) is 24.3 Å². The molecule has 6 heteroatoms. The molecular weight excluding hydrogens is 265 g/mol. The molecule has 1 aromatic rings. The van der Waals surface area contributed by atoms with Crippen LogP contribution < -0.4 is 4.74 Å². The molecule has 1 rings (SSSR count). The lowest BCUT2D eigenvalue weighted by atomic mass is 10.2. The van der Waals surface area contributed by atoms with Crippen molar-refractivity contribution in [3.63, 3.8) is 0 Å². The Bertz CT molecular complexity index is 457. The van der Waals surface area contributed by atoms with Crippen LogP contribution in [-0.2, 0) is 9.53 Å². The van der Waals surface area contributed by atoms with E-state index >= 15 is 0 Å². The van der Waals surface area contributed by atoms with Crippen LogP contribution in [0.4, 0.5) is 4.39 Å². The summed E-state index contributed by atoms with van der Waals surface area (Å²) >= 11 is 0. The van der Waals surface area contributed by atoms with Crippen molar-refractivity contribution in [2.45, 2.75) is 32.8 Å². The first-order chi connectivity index (χ1) is 9.52. The van der Waals surface area contributed by atoms with Crippen LogP contribution in [-0.4, -0.2) is 29.6 Å². The number of esters is 1. The Morgan fingerprint density at radius 3 is 2.55 bits per heavy atom. The molecule has 0 atom stereocenters. The molecule has 20 heavy (non-hydrogen) atoms. The first kappa shape index (κ1) is 15.9. The molecule has 1 N–H and O–H groups in total. The van der Waals surface area contributed by atoms with Gasteiger partial charge in [0.1, 0.15) is 11.6 Å². The van der Waals surface area contributed by atoms with Crippen LogP contribution in [0.5, 0.6) is 5.75 Å². The van der Waals surface area contributed by atoms with Crippen molar-refractivity contribution in [2.24, 2.45) is 5.16 Å². The molecule has 110 valence electrons. The lowest BCUT2D eigenvalue weighted by molar-refractivity contribution is -0.139. The van der Waals surface area contributed by atoms with Crippen molar-refractivity contribution >= 4 is 11.7 Å². The largest absolute Gasteiger partial charge is 0.494 e. The van der Waals surface area contributed by atoms with E-state index in [9.17, 15) is 9.18 Å². The number of hydrogen-bond donors (Lipinski definition) is 1. The molecule has 0 unspecified atom stereocenters. The van der Waals surface area contributed by atoms with Gasteiger partial charge in [-0.25, -0.2) is 9.18 Å². The van der Waals surface area contributed by atoms with Crippen LogP contribution in [0.1, 0.15) is 26.7 Å². The third kappa shape index (κ3) is 5.69. The van der Waals surface area contributed by atoms with Gasteiger partial charge in [-0.3, -0.25) is 0 Å². The van der Waals surface area contributed by atoms with Gasteiger partial charge < -0.3 is 14.7 Å². The number of carbonyl (C=O) groups is 1.